The molecule has 0 fully saturated rings. The largest absolute Gasteiger partial charge is 0.381 e. The van der Waals surface area contributed by atoms with Crippen LogP contribution < -0.4 is 5.32 Å². The van der Waals surface area contributed by atoms with Crippen LogP contribution in [0.15, 0.2) is 47.4 Å². The fourth-order valence-electron chi connectivity index (χ4n) is 2.24. The van der Waals surface area contributed by atoms with E-state index >= 15 is 0 Å². The monoisotopic (exact) mass is 318 g/mol. The first-order valence-electron chi connectivity index (χ1n) is 7.13. The molecule has 0 radical (unpaired) electrons. The second-order valence-electron chi connectivity index (χ2n) is 5.61. The predicted octanol–water partition coefficient (Wildman–Crippen LogP) is 3.17. The zero-order valence-corrected chi connectivity index (χ0v) is 14.2. The highest BCUT2D eigenvalue weighted by atomic mass is 32.2. The topological polar surface area (TPSA) is 49.4 Å². The molecule has 0 aromatic heterocycles. The van der Waals surface area contributed by atoms with Gasteiger partial charge in [0.2, 0.25) is 10.0 Å². The molecule has 2 rings (SSSR count). The summed E-state index contributed by atoms with van der Waals surface area (Å²) in [7, 11) is -0.315. The minimum absolute atomic E-state index is 0.317. The van der Waals surface area contributed by atoms with E-state index < -0.39 is 10.0 Å². The standard InChI is InChI=1S/C17H22N2O2S/c1-13-8-9-17(14(2)10-13)18-12-15-6-5-7-16(11-15)22(20,21)19(3)4/h5-11,18H,12H2,1-4H3. The molecule has 2 aromatic carbocycles. The second-order valence-corrected chi connectivity index (χ2v) is 7.76. The average Bonchev–Trinajstić information content (AvgIpc) is 2.46. The molecule has 0 heterocycles. The fourth-order valence-corrected chi connectivity index (χ4v) is 3.21. The molecule has 0 saturated heterocycles. The minimum Gasteiger partial charge on any atom is -0.381 e. The maximum Gasteiger partial charge on any atom is 0.242 e. The molecule has 0 aliphatic rings. The van der Waals surface area contributed by atoms with Crippen molar-refractivity contribution >= 4 is 15.7 Å². The molecule has 0 spiro atoms. The Morgan fingerprint density at radius 1 is 1.05 bits per heavy atom. The number of nitrogens with zero attached hydrogens (tertiary/aromatic N) is 1. The van der Waals surface area contributed by atoms with E-state index in [0.29, 0.717) is 11.4 Å². The van der Waals surface area contributed by atoms with Crippen molar-refractivity contribution in [2.45, 2.75) is 25.3 Å². The number of benzene rings is 2. The molecule has 5 heteroatoms. The van der Waals surface area contributed by atoms with Gasteiger partial charge in [-0.25, -0.2) is 12.7 Å². The minimum atomic E-state index is -3.39. The zero-order valence-electron chi connectivity index (χ0n) is 13.4. The van der Waals surface area contributed by atoms with Crippen LogP contribution in [0.2, 0.25) is 0 Å². The number of hydrogen-bond donors (Lipinski definition) is 1. The molecule has 2 aromatic rings. The van der Waals surface area contributed by atoms with E-state index in [1.807, 2.05) is 12.1 Å². The number of nitrogens with one attached hydrogen (secondary N) is 1. The van der Waals surface area contributed by atoms with Crippen molar-refractivity contribution in [3.8, 4) is 0 Å². The number of aryl methyl sites for hydroxylation is 2. The van der Waals surface area contributed by atoms with E-state index in [9.17, 15) is 8.42 Å². The lowest BCUT2D eigenvalue weighted by molar-refractivity contribution is 0.520. The van der Waals surface area contributed by atoms with E-state index in [1.165, 1.54) is 29.5 Å². The Bertz CT molecular complexity index is 768. The molecule has 0 aliphatic heterocycles. The second kappa shape index (κ2) is 6.50. The molecular weight excluding hydrogens is 296 g/mol. The molecule has 0 unspecified atom stereocenters. The lowest BCUT2D eigenvalue weighted by Crippen LogP contribution is -2.22. The summed E-state index contributed by atoms with van der Waals surface area (Å²) in [4.78, 5) is 0.317. The van der Waals surface area contributed by atoms with Gasteiger partial charge in [0.05, 0.1) is 4.90 Å². The summed E-state index contributed by atoms with van der Waals surface area (Å²) < 4.78 is 25.5. The molecule has 0 bridgehead atoms. The third-order valence-electron chi connectivity index (χ3n) is 3.54. The molecule has 118 valence electrons. The Labute approximate surface area is 132 Å². The van der Waals surface area contributed by atoms with Crippen LogP contribution in [-0.2, 0) is 16.6 Å². The molecule has 0 atom stereocenters. The highest BCUT2D eigenvalue weighted by molar-refractivity contribution is 7.89. The Morgan fingerprint density at radius 2 is 1.77 bits per heavy atom. The first kappa shape index (κ1) is 16.5. The lowest BCUT2D eigenvalue weighted by atomic mass is 10.1. The average molecular weight is 318 g/mol. The van der Waals surface area contributed by atoms with E-state index in [0.717, 1.165) is 11.3 Å². The fraction of sp³-hybridized carbons (Fsp3) is 0.294. The summed E-state index contributed by atoms with van der Waals surface area (Å²) >= 11 is 0. The van der Waals surface area contributed by atoms with E-state index in [1.54, 1.807) is 18.2 Å². The van der Waals surface area contributed by atoms with Crippen LogP contribution in [0.4, 0.5) is 5.69 Å². The lowest BCUT2D eigenvalue weighted by Gasteiger charge is -2.13. The quantitative estimate of drug-likeness (QED) is 0.921. The van der Waals surface area contributed by atoms with Gasteiger partial charge in [-0.05, 0) is 43.2 Å². The molecule has 0 amide bonds. The van der Waals surface area contributed by atoms with Gasteiger partial charge in [-0.2, -0.15) is 0 Å². The first-order valence-corrected chi connectivity index (χ1v) is 8.57. The van der Waals surface area contributed by atoms with Gasteiger partial charge in [-0.3, -0.25) is 0 Å². The van der Waals surface area contributed by atoms with Crippen molar-refractivity contribution in [2.75, 3.05) is 19.4 Å². The summed E-state index contributed by atoms with van der Waals surface area (Å²) in [5.74, 6) is 0. The van der Waals surface area contributed by atoms with E-state index in [2.05, 4.69) is 31.3 Å². The number of rotatable bonds is 5. The number of hydrogen-bond acceptors (Lipinski definition) is 3. The van der Waals surface area contributed by atoms with Gasteiger partial charge in [0.25, 0.3) is 0 Å². The van der Waals surface area contributed by atoms with Crippen LogP contribution >= 0.6 is 0 Å². The van der Waals surface area contributed by atoms with Crippen molar-refractivity contribution < 1.29 is 8.42 Å². The summed E-state index contributed by atoms with van der Waals surface area (Å²) in [5, 5.41) is 3.36. The predicted molar refractivity (Wildman–Crippen MR) is 90.6 cm³/mol. The van der Waals surface area contributed by atoms with Gasteiger partial charge >= 0.3 is 0 Å². The van der Waals surface area contributed by atoms with Crippen LogP contribution in [-0.4, -0.2) is 26.8 Å². The third kappa shape index (κ3) is 3.67. The smallest absolute Gasteiger partial charge is 0.242 e. The zero-order chi connectivity index (χ0) is 16.3. The number of sulfonamides is 1. The summed E-state index contributed by atoms with van der Waals surface area (Å²) in [6.45, 7) is 4.70. The highest BCUT2D eigenvalue weighted by Crippen LogP contribution is 2.19. The van der Waals surface area contributed by atoms with Crippen LogP contribution in [0, 0.1) is 13.8 Å². The first-order chi connectivity index (χ1) is 10.3. The third-order valence-corrected chi connectivity index (χ3v) is 5.35. The SMILES string of the molecule is Cc1ccc(NCc2cccc(S(=O)(=O)N(C)C)c2)c(C)c1. The molecule has 4 nitrogen and oxygen atoms in total. The molecule has 0 aliphatic carbocycles. The molecule has 0 saturated carbocycles. The van der Waals surface area contributed by atoms with E-state index in [-0.39, 0.29) is 0 Å². The summed E-state index contributed by atoms with van der Waals surface area (Å²) in [6, 6.07) is 13.3. The Hall–Kier alpha value is -1.85. The van der Waals surface area contributed by atoms with E-state index in [4.69, 9.17) is 0 Å². The van der Waals surface area contributed by atoms with Gasteiger partial charge in [0, 0.05) is 26.3 Å². The molecule has 1 N–H and O–H groups in total. The summed E-state index contributed by atoms with van der Waals surface area (Å²) in [5.41, 5.74) is 4.40. The van der Waals surface area contributed by atoms with Gasteiger partial charge in [-0.15, -0.1) is 0 Å². The van der Waals surface area contributed by atoms with Crippen LogP contribution in [0.1, 0.15) is 16.7 Å². The molecule has 22 heavy (non-hydrogen) atoms. The normalized spacial score (nSPS) is 11.7. The van der Waals surface area contributed by atoms with Gasteiger partial charge in [-0.1, -0.05) is 29.8 Å². The van der Waals surface area contributed by atoms with Crippen molar-refractivity contribution in [2.24, 2.45) is 0 Å². The molecular formula is C17H22N2O2S. The van der Waals surface area contributed by atoms with Crippen molar-refractivity contribution in [3.05, 3.63) is 59.2 Å². The van der Waals surface area contributed by atoms with Gasteiger partial charge < -0.3 is 5.32 Å². The summed E-state index contributed by atoms with van der Waals surface area (Å²) in [6.07, 6.45) is 0. The maximum atomic E-state index is 12.2. The Kier molecular flexibility index (Phi) is 4.88. The van der Waals surface area contributed by atoms with Crippen molar-refractivity contribution in [1.29, 1.82) is 0 Å². The van der Waals surface area contributed by atoms with Crippen molar-refractivity contribution in [3.63, 3.8) is 0 Å². The van der Waals surface area contributed by atoms with Gasteiger partial charge in [0.15, 0.2) is 0 Å². The Morgan fingerprint density at radius 3 is 2.41 bits per heavy atom. The van der Waals surface area contributed by atoms with Crippen LogP contribution in [0.5, 0.6) is 0 Å². The Balaban J connectivity index is 2.18. The maximum absolute atomic E-state index is 12.2. The number of anilines is 1. The van der Waals surface area contributed by atoms with Gasteiger partial charge in [0.1, 0.15) is 0 Å². The van der Waals surface area contributed by atoms with Crippen LogP contribution in [0.25, 0.3) is 0 Å². The highest BCUT2D eigenvalue weighted by Gasteiger charge is 2.17. The van der Waals surface area contributed by atoms with Crippen LogP contribution in [0.3, 0.4) is 0 Å². The van der Waals surface area contributed by atoms with Crippen molar-refractivity contribution in [1.82, 2.24) is 4.31 Å².